The molecule has 1 aliphatic carbocycles. The molecule has 1 saturated carbocycles. The molecule has 0 aromatic carbocycles. The highest BCUT2D eigenvalue weighted by Crippen LogP contribution is 2.30. The van der Waals surface area contributed by atoms with Crippen LogP contribution in [0, 0.1) is 12.8 Å². The Labute approximate surface area is 120 Å². The van der Waals surface area contributed by atoms with Crippen LogP contribution in [0.2, 0.25) is 0 Å². The zero-order chi connectivity index (χ0) is 14.1. The number of aryl methyl sites for hydroxylation is 2. The lowest BCUT2D eigenvalue weighted by molar-refractivity contribution is 0.0896. The zero-order valence-corrected chi connectivity index (χ0v) is 12.4. The van der Waals surface area contributed by atoms with Gasteiger partial charge in [0.05, 0.1) is 0 Å². The molecule has 1 saturated heterocycles. The van der Waals surface area contributed by atoms with Crippen LogP contribution in [0.4, 0.5) is 0 Å². The molecule has 110 valence electrons. The molecule has 1 aromatic rings. The average Bonchev–Trinajstić information content (AvgIpc) is 3.15. The fourth-order valence-electron chi connectivity index (χ4n) is 2.94. The molecule has 1 atom stereocenters. The first-order valence-corrected chi connectivity index (χ1v) is 7.65. The van der Waals surface area contributed by atoms with Gasteiger partial charge in [-0.15, -0.1) is 0 Å². The Kier molecular flexibility index (Phi) is 3.78. The predicted octanol–water partition coefficient (Wildman–Crippen LogP) is 1.33. The minimum Gasteiger partial charge on any atom is -0.347 e. The molecule has 1 aromatic heterocycles. The van der Waals surface area contributed by atoms with Crippen LogP contribution >= 0.6 is 0 Å². The smallest absolute Gasteiger partial charge is 0.272 e. The quantitative estimate of drug-likeness (QED) is 0.902. The van der Waals surface area contributed by atoms with E-state index in [-0.39, 0.29) is 11.9 Å². The molecule has 1 N–H and O–H groups in total. The van der Waals surface area contributed by atoms with Crippen molar-refractivity contribution in [1.29, 1.82) is 0 Å². The molecule has 0 spiro atoms. The van der Waals surface area contributed by atoms with Gasteiger partial charge in [0.25, 0.3) is 5.91 Å². The fraction of sp³-hybridized carbons (Fsp3) is 0.733. The highest BCUT2D eigenvalue weighted by atomic mass is 16.2. The van der Waals surface area contributed by atoms with Crippen molar-refractivity contribution in [3.63, 3.8) is 0 Å². The van der Waals surface area contributed by atoms with E-state index in [1.165, 1.54) is 32.4 Å². The first kappa shape index (κ1) is 13.6. The normalized spacial score (nSPS) is 23.8. The van der Waals surface area contributed by atoms with Gasteiger partial charge in [-0.05, 0) is 51.1 Å². The number of carbonyl (C=O) groups is 1. The second-order valence-corrected chi connectivity index (χ2v) is 6.31. The highest BCUT2D eigenvalue weighted by Gasteiger charge is 2.28. The zero-order valence-electron chi connectivity index (χ0n) is 12.4. The number of nitrogens with one attached hydrogen (secondary N) is 1. The molecule has 0 bridgehead atoms. The molecule has 1 unspecified atom stereocenters. The topological polar surface area (TPSA) is 50.2 Å². The lowest BCUT2D eigenvalue weighted by atomic mass is 10.1. The maximum atomic E-state index is 12.2. The van der Waals surface area contributed by atoms with E-state index in [9.17, 15) is 4.79 Å². The average molecular weight is 276 g/mol. The summed E-state index contributed by atoms with van der Waals surface area (Å²) >= 11 is 0. The largest absolute Gasteiger partial charge is 0.347 e. The molecule has 20 heavy (non-hydrogen) atoms. The number of carbonyl (C=O) groups excluding carboxylic acids is 1. The molecule has 0 radical (unpaired) electrons. The number of amides is 1. The summed E-state index contributed by atoms with van der Waals surface area (Å²) in [7, 11) is 1.87. The molecule has 2 aliphatic rings. The van der Waals surface area contributed by atoms with Gasteiger partial charge in [0.15, 0.2) is 0 Å². The van der Waals surface area contributed by atoms with Crippen molar-refractivity contribution >= 4 is 5.91 Å². The lowest BCUT2D eigenvalue weighted by Crippen LogP contribution is -2.48. The van der Waals surface area contributed by atoms with E-state index in [0.29, 0.717) is 5.69 Å². The van der Waals surface area contributed by atoms with E-state index in [2.05, 4.69) is 15.3 Å². The van der Waals surface area contributed by atoms with Crippen LogP contribution in [0.5, 0.6) is 0 Å². The van der Waals surface area contributed by atoms with Crippen LogP contribution < -0.4 is 5.32 Å². The summed E-state index contributed by atoms with van der Waals surface area (Å²) in [6, 6.07) is 2.12. The fourth-order valence-corrected chi connectivity index (χ4v) is 2.94. The van der Waals surface area contributed by atoms with Crippen LogP contribution in [0.15, 0.2) is 6.07 Å². The number of likely N-dealkylation sites (tertiary alicyclic amines) is 1. The minimum absolute atomic E-state index is 0.0352. The van der Waals surface area contributed by atoms with Crippen molar-refractivity contribution in [1.82, 2.24) is 20.0 Å². The number of rotatable bonds is 4. The van der Waals surface area contributed by atoms with Gasteiger partial charge in [-0.3, -0.25) is 9.48 Å². The Hall–Kier alpha value is -1.36. The lowest BCUT2D eigenvalue weighted by Gasteiger charge is -2.33. The maximum absolute atomic E-state index is 12.2. The van der Waals surface area contributed by atoms with Crippen molar-refractivity contribution in [2.24, 2.45) is 13.0 Å². The predicted molar refractivity (Wildman–Crippen MR) is 77.6 cm³/mol. The molecular weight excluding hydrogens is 252 g/mol. The Morgan fingerprint density at radius 1 is 1.45 bits per heavy atom. The number of hydrogen-bond donors (Lipinski definition) is 1. The monoisotopic (exact) mass is 276 g/mol. The molecule has 1 amide bonds. The summed E-state index contributed by atoms with van der Waals surface area (Å²) in [5.41, 5.74) is 1.54. The second kappa shape index (κ2) is 5.56. The first-order valence-electron chi connectivity index (χ1n) is 7.65. The maximum Gasteiger partial charge on any atom is 0.272 e. The highest BCUT2D eigenvalue weighted by molar-refractivity contribution is 5.92. The van der Waals surface area contributed by atoms with Gasteiger partial charge in [0.2, 0.25) is 0 Å². The number of hydrogen-bond acceptors (Lipinski definition) is 3. The molecule has 5 heteroatoms. The number of aromatic nitrogens is 2. The third-order valence-electron chi connectivity index (χ3n) is 4.40. The van der Waals surface area contributed by atoms with Gasteiger partial charge >= 0.3 is 0 Å². The Morgan fingerprint density at radius 3 is 2.90 bits per heavy atom. The van der Waals surface area contributed by atoms with Crippen molar-refractivity contribution in [3.05, 3.63) is 17.5 Å². The van der Waals surface area contributed by atoms with Crippen LogP contribution in [0.25, 0.3) is 0 Å². The van der Waals surface area contributed by atoms with Gasteiger partial charge in [-0.2, -0.15) is 5.10 Å². The molecule has 2 heterocycles. The summed E-state index contributed by atoms with van der Waals surface area (Å²) in [5, 5.41) is 7.39. The summed E-state index contributed by atoms with van der Waals surface area (Å²) in [6.45, 7) is 5.36. The summed E-state index contributed by atoms with van der Waals surface area (Å²) in [6.07, 6.45) is 5.04. The Balaban J connectivity index is 1.54. The molecular formula is C15H24N4O. The van der Waals surface area contributed by atoms with E-state index < -0.39 is 0 Å². The van der Waals surface area contributed by atoms with Crippen molar-refractivity contribution in [2.75, 3.05) is 19.6 Å². The van der Waals surface area contributed by atoms with Crippen LogP contribution in [0.3, 0.4) is 0 Å². The van der Waals surface area contributed by atoms with Gasteiger partial charge in [0, 0.05) is 31.9 Å². The Bertz CT molecular complexity index is 473. The van der Waals surface area contributed by atoms with Crippen LogP contribution in [-0.4, -0.2) is 46.3 Å². The van der Waals surface area contributed by atoms with E-state index in [1.54, 1.807) is 4.68 Å². The van der Waals surface area contributed by atoms with Crippen LogP contribution in [0.1, 0.15) is 41.9 Å². The third-order valence-corrected chi connectivity index (χ3v) is 4.40. The minimum atomic E-state index is -0.0352. The van der Waals surface area contributed by atoms with E-state index in [1.807, 2.05) is 20.0 Å². The standard InChI is InChI=1S/C15H24N4O/c1-11-8-14(17-18(11)2)15(20)16-13-4-3-7-19(10-13)9-12-5-6-12/h8,12-13H,3-7,9-10H2,1-2H3,(H,16,20). The van der Waals surface area contributed by atoms with Gasteiger partial charge in [-0.1, -0.05) is 0 Å². The second-order valence-electron chi connectivity index (χ2n) is 6.31. The van der Waals surface area contributed by atoms with Crippen LogP contribution in [-0.2, 0) is 7.05 Å². The summed E-state index contributed by atoms with van der Waals surface area (Å²) < 4.78 is 1.75. The van der Waals surface area contributed by atoms with Gasteiger partial charge < -0.3 is 10.2 Å². The molecule has 1 aliphatic heterocycles. The number of nitrogens with zero attached hydrogens (tertiary/aromatic N) is 3. The van der Waals surface area contributed by atoms with Crippen molar-refractivity contribution < 1.29 is 4.79 Å². The third kappa shape index (κ3) is 3.20. The molecule has 2 fully saturated rings. The van der Waals surface area contributed by atoms with E-state index >= 15 is 0 Å². The Morgan fingerprint density at radius 2 is 2.25 bits per heavy atom. The van der Waals surface area contributed by atoms with Crippen molar-refractivity contribution in [3.8, 4) is 0 Å². The van der Waals surface area contributed by atoms with E-state index in [0.717, 1.165) is 24.6 Å². The van der Waals surface area contributed by atoms with Gasteiger partial charge in [-0.25, -0.2) is 0 Å². The van der Waals surface area contributed by atoms with Crippen molar-refractivity contribution in [2.45, 2.75) is 38.6 Å². The SMILES string of the molecule is Cc1cc(C(=O)NC2CCCN(CC3CC3)C2)nn1C. The molecule has 3 rings (SSSR count). The summed E-state index contributed by atoms with van der Waals surface area (Å²) in [4.78, 5) is 14.7. The number of piperidine rings is 1. The summed E-state index contributed by atoms with van der Waals surface area (Å²) in [5.74, 6) is 0.884. The van der Waals surface area contributed by atoms with E-state index in [4.69, 9.17) is 0 Å². The van der Waals surface area contributed by atoms with Gasteiger partial charge in [0.1, 0.15) is 5.69 Å². The first-order chi connectivity index (χ1) is 9.61. The molecule has 5 nitrogen and oxygen atoms in total.